The molecule has 0 aliphatic carbocycles. The van der Waals surface area contributed by atoms with E-state index in [1.54, 1.807) is 18.2 Å². The molecule has 0 aliphatic rings. The molecular weight excluding hydrogens is 501 g/mol. The van der Waals surface area contributed by atoms with Crippen LogP contribution in [0.25, 0.3) is 0 Å². The Morgan fingerprint density at radius 3 is 1.68 bits per heavy atom. The van der Waals surface area contributed by atoms with Gasteiger partial charge in [-0.15, -0.1) is 0 Å². The summed E-state index contributed by atoms with van der Waals surface area (Å²) < 4.78 is 34.7. The number of methoxy groups -OCH3 is 1. The van der Waals surface area contributed by atoms with Crippen LogP contribution in [-0.4, -0.2) is 57.4 Å². The van der Waals surface area contributed by atoms with E-state index >= 15 is 0 Å². The molecule has 0 saturated heterocycles. The van der Waals surface area contributed by atoms with Gasteiger partial charge >= 0.3 is 7.82 Å². The number of unbranched alkanes of at least 4 members (excludes halogenated alkanes) is 15. The lowest BCUT2D eigenvalue weighted by Gasteiger charge is -2.24. The van der Waals surface area contributed by atoms with E-state index in [1.165, 1.54) is 97.0 Å². The second-order valence-corrected chi connectivity index (χ2v) is 12.7. The number of ether oxygens (including phenoxy) is 2. The Morgan fingerprint density at radius 1 is 0.737 bits per heavy atom. The summed E-state index contributed by atoms with van der Waals surface area (Å²) in [5.41, 5.74) is 0. The number of hydrogen-bond donors (Lipinski definition) is 1. The molecule has 38 heavy (non-hydrogen) atoms. The topological polar surface area (TPSA) is 74.2 Å². The minimum absolute atomic E-state index is 0.106. The van der Waals surface area contributed by atoms with E-state index in [1.807, 2.05) is 21.1 Å². The first-order valence-corrected chi connectivity index (χ1v) is 16.5. The number of para-hydroxylation sites is 1. The summed E-state index contributed by atoms with van der Waals surface area (Å²) in [6, 6.07) is 5.07. The van der Waals surface area contributed by atoms with Crippen molar-refractivity contribution >= 4 is 7.82 Å². The highest BCUT2D eigenvalue weighted by Gasteiger charge is 2.27. The van der Waals surface area contributed by atoms with Crippen LogP contribution in [-0.2, 0) is 9.09 Å². The lowest BCUT2D eigenvalue weighted by atomic mass is 10.0. The van der Waals surface area contributed by atoms with Crippen molar-refractivity contribution in [2.24, 2.45) is 0 Å². The van der Waals surface area contributed by atoms with Crippen LogP contribution in [0.2, 0.25) is 0 Å². The standard InChI is InChI=1S/C30H56NO6P/c1-6-7-8-9-10-11-12-13-14-15-16-17-18-19-20-21-26-35-28-23-22-24-29(30(28)34-5)37-38(32,33)36-27-25-31(2,3)4/h22-24H,6-21,25-27H2,1-5H3/p+1. The molecule has 0 aliphatic heterocycles. The molecule has 0 saturated carbocycles. The van der Waals surface area contributed by atoms with E-state index in [9.17, 15) is 9.46 Å². The third kappa shape index (κ3) is 18.1. The number of benzene rings is 1. The number of likely N-dealkylation sites (N-methyl/N-ethyl adjacent to an activating group) is 1. The average molecular weight is 559 g/mol. The van der Waals surface area contributed by atoms with Crippen molar-refractivity contribution < 1.29 is 32.5 Å². The Morgan fingerprint density at radius 2 is 1.21 bits per heavy atom. The van der Waals surface area contributed by atoms with Gasteiger partial charge in [-0.05, 0) is 18.6 Å². The van der Waals surface area contributed by atoms with Crippen molar-refractivity contribution in [1.29, 1.82) is 0 Å². The second kappa shape index (κ2) is 20.6. The van der Waals surface area contributed by atoms with Crippen LogP contribution in [0.3, 0.4) is 0 Å². The minimum atomic E-state index is -4.27. The van der Waals surface area contributed by atoms with E-state index in [4.69, 9.17) is 18.5 Å². The summed E-state index contributed by atoms with van der Waals surface area (Å²) >= 11 is 0. The zero-order chi connectivity index (χ0) is 28.1. The minimum Gasteiger partial charge on any atom is -0.490 e. The molecule has 222 valence electrons. The molecule has 1 N–H and O–H groups in total. The fraction of sp³-hybridized carbons (Fsp3) is 0.800. The van der Waals surface area contributed by atoms with Gasteiger partial charge in [0, 0.05) is 0 Å². The van der Waals surface area contributed by atoms with Gasteiger partial charge in [-0.25, -0.2) is 4.57 Å². The van der Waals surface area contributed by atoms with Crippen LogP contribution >= 0.6 is 7.82 Å². The first kappa shape index (κ1) is 34.8. The van der Waals surface area contributed by atoms with E-state index in [0.717, 1.165) is 12.8 Å². The van der Waals surface area contributed by atoms with E-state index in [-0.39, 0.29) is 12.4 Å². The maximum atomic E-state index is 12.4. The predicted octanol–water partition coefficient (Wildman–Crippen LogP) is 8.54. The Kier molecular flexibility index (Phi) is 18.8. The molecule has 1 aromatic rings. The lowest BCUT2D eigenvalue weighted by Crippen LogP contribution is -2.37. The van der Waals surface area contributed by atoms with Crippen molar-refractivity contribution in [1.82, 2.24) is 0 Å². The Labute approximate surface area is 233 Å². The largest absolute Gasteiger partial charge is 0.527 e. The summed E-state index contributed by atoms with van der Waals surface area (Å²) in [5.74, 6) is 0.929. The average Bonchev–Trinajstić information content (AvgIpc) is 2.85. The van der Waals surface area contributed by atoms with Crippen molar-refractivity contribution in [2.75, 3.05) is 48.0 Å². The SMILES string of the molecule is CCCCCCCCCCCCCCCCCCOc1cccc(OP(=O)(O)OCC[N+](C)(C)C)c1OC. The van der Waals surface area contributed by atoms with Crippen LogP contribution in [0.1, 0.15) is 110 Å². The van der Waals surface area contributed by atoms with E-state index in [2.05, 4.69) is 6.92 Å². The fourth-order valence-electron chi connectivity index (χ4n) is 4.30. The number of phosphoric ester groups is 1. The zero-order valence-corrected chi connectivity index (χ0v) is 25.9. The molecule has 8 heteroatoms. The quantitative estimate of drug-likeness (QED) is 0.0736. The summed E-state index contributed by atoms with van der Waals surface area (Å²) in [4.78, 5) is 10.1. The molecule has 1 aromatic carbocycles. The molecule has 0 amide bonds. The van der Waals surface area contributed by atoms with Gasteiger partial charge in [0.25, 0.3) is 0 Å². The number of hydrogen-bond acceptors (Lipinski definition) is 5. The molecule has 0 heterocycles. The first-order valence-electron chi connectivity index (χ1n) is 15.0. The van der Waals surface area contributed by atoms with Crippen LogP contribution in [0.4, 0.5) is 0 Å². The smallest absolute Gasteiger partial charge is 0.490 e. The number of nitrogens with zero attached hydrogens (tertiary/aromatic N) is 1. The van der Waals surface area contributed by atoms with Crippen LogP contribution in [0.5, 0.6) is 17.2 Å². The highest BCUT2D eigenvalue weighted by molar-refractivity contribution is 7.47. The summed E-state index contributed by atoms with van der Waals surface area (Å²) in [5, 5.41) is 0. The van der Waals surface area contributed by atoms with Crippen molar-refractivity contribution in [3.8, 4) is 17.2 Å². The van der Waals surface area contributed by atoms with Gasteiger partial charge < -0.3 is 18.5 Å². The van der Waals surface area contributed by atoms with Gasteiger partial charge in [0.15, 0.2) is 11.5 Å². The summed E-state index contributed by atoms with van der Waals surface area (Å²) in [6.07, 6.45) is 21.3. The fourth-order valence-corrected chi connectivity index (χ4v) is 5.05. The van der Waals surface area contributed by atoms with Gasteiger partial charge in [-0.2, -0.15) is 0 Å². The maximum Gasteiger partial charge on any atom is 0.527 e. The van der Waals surface area contributed by atoms with Crippen molar-refractivity contribution in [3.05, 3.63) is 18.2 Å². The monoisotopic (exact) mass is 558 g/mol. The summed E-state index contributed by atoms with van der Waals surface area (Å²) in [7, 11) is 3.16. The normalized spacial score (nSPS) is 13.3. The molecule has 0 aromatic heterocycles. The third-order valence-corrected chi connectivity index (χ3v) is 7.57. The number of phosphoric acid groups is 1. The third-order valence-electron chi connectivity index (χ3n) is 6.63. The molecular formula is C30H57NO6P+. The van der Waals surface area contributed by atoms with Gasteiger partial charge in [0.1, 0.15) is 13.2 Å². The van der Waals surface area contributed by atoms with Gasteiger partial charge in [-0.1, -0.05) is 109 Å². The van der Waals surface area contributed by atoms with Crippen LogP contribution in [0, 0.1) is 0 Å². The molecule has 0 fully saturated rings. The number of quaternary nitrogens is 1. The molecule has 0 bridgehead atoms. The van der Waals surface area contributed by atoms with E-state index < -0.39 is 7.82 Å². The Bertz CT molecular complexity index is 768. The lowest BCUT2D eigenvalue weighted by molar-refractivity contribution is -0.870. The highest BCUT2D eigenvalue weighted by Crippen LogP contribution is 2.49. The van der Waals surface area contributed by atoms with Gasteiger partial charge in [0.2, 0.25) is 5.75 Å². The zero-order valence-electron chi connectivity index (χ0n) is 25.0. The molecule has 1 unspecified atom stereocenters. The molecule has 0 radical (unpaired) electrons. The highest BCUT2D eigenvalue weighted by atomic mass is 31.2. The van der Waals surface area contributed by atoms with Crippen molar-refractivity contribution in [3.63, 3.8) is 0 Å². The first-order chi connectivity index (χ1) is 18.2. The van der Waals surface area contributed by atoms with Gasteiger partial charge in [-0.3, -0.25) is 9.42 Å². The second-order valence-electron chi connectivity index (χ2n) is 11.3. The molecule has 0 spiro atoms. The Hall–Kier alpha value is -1.27. The summed E-state index contributed by atoms with van der Waals surface area (Å²) in [6.45, 7) is 3.52. The molecule has 1 rings (SSSR count). The predicted molar refractivity (Wildman–Crippen MR) is 157 cm³/mol. The maximum absolute atomic E-state index is 12.4. The molecule has 7 nitrogen and oxygen atoms in total. The Balaban J connectivity index is 2.17. The van der Waals surface area contributed by atoms with Crippen molar-refractivity contribution in [2.45, 2.75) is 110 Å². The van der Waals surface area contributed by atoms with Crippen LogP contribution in [0.15, 0.2) is 18.2 Å². The van der Waals surface area contributed by atoms with Gasteiger partial charge in [0.05, 0.1) is 34.9 Å². The molecule has 1 atom stereocenters. The number of rotatable bonds is 25. The van der Waals surface area contributed by atoms with E-state index in [0.29, 0.717) is 29.1 Å². The van der Waals surface area contributed by atoms with Crippen LogP contribution < -0.4 is 14.0 Å².